The zero-order valence-electron chi connectivity index (χ0n) is 19.7. The highest BCUT2D eigenvalue weighted by Gasteiger charge is 2.32. The number of sulfonamides is 1. The normalized spacial score (nSPS) is 14.6. The van der Waals surface area contributed by atoms with Crippen LogP contribution in [0.3, 0.4) is 0 Å². The van der Waals surface area contributed by atoms with Crippen LogP contribution in [0.1, 0.15) is 5.56 Å². The predicted octanol–water partition coefficient (Wildman–Crippen LogP) is 4.96. The maximum atomic E-state index is 13.1. The largest absolute Gasteiger partial charge is 0.438 e. The number of alkyl halides is 3. The van der Waals surface area contributed by atoms with Gasteiger partial charge in [-0.1, -0.05) is 11.6 Å². The summed E-state index contributed by atoms with van der Waals surface area (Å²) in [5.74, 6) is -0.0744. The number of piperazine rings is 1. The first kappa shape index (κ1) is 28.1. The Morgan fingerprint density at radius 3 is 2.13 bits per heavy atom. The molecule has 1 aromatic heterocycles. The van der Waals surface area contributed by atoms with Gasteiger partial charge in [-0.25, -0.2) is 18.2 Å². The molecule has 0 radical (unpaired) electrons. The Labute approximate surface area is 224 Å². The Bertz CT molecular complexity index is 1480. The van der Waals surface area contributed by atoms with E-state index < -0.39 is 32.8 Å². The highest BCUT2D eigenvalue weighted by Crippen LogP contribution is 2.35. The molecule has 4 rings (SSSR count). The fourth-order valence-electron chi connectivity index (χ4n) is 3.51. The molecule has 0 aliphatic carbocycles. The second kappa shape index (κ2) is 11.0. The van der Waals surface area contributed by atoms with Gasteiger partial charge in [-0.15, -0.1) is 0 Å². The topological polar surface area (TPSA) is 132 Å². The van der Waals surface area contributed by atoms with Gasteiger partial charge in [0.1, 0.15) is 16.5 Å². The average Bonchev–Trinajstić information content (AvgIpc) is 2.90. The standard InChI is InChI=1S/C23H18ClF3N4O7S/c24-20-13-15(23(25,26)27)14-28-21(20)37-17-5-7-19(8-6-17)39(35,36)30-11-9-29(10-12-30)22(32)38-18-3-1-16(2-4-18)31(33)34/h1-8,13-14H,9-12H2. The van der Waals surface area contributed by atoms with Crippen LogP contribution in [0.5, 0.6) is 17.4 Å². The van der Waals surface area contributed by atoms with Crippen molar-refractivity contribution < 1.29 is 40.8 Å². The lowest BCUT2D eigenvalue weighted by Crippen LogP contribution is -2.51. The molecule has 2 heterocycles. The molecule has 39 heavy (non-hydrogen) atoms. The molecule has 0 unspecified atom stereocenters. The average molecular weight is 587 g/mol. The SMILES string of the molecule is O=C(Oc1ccc([N+](=O)[O-])cc1)N1CCN(S(=O)(=O)c2ccc(Oc3ncc(C(F)(F)F)cc3Cl)cc2)CC1. The molecule has 206 valence electrons. The van der Waals surface area contributed by atoms with Crippen molar-refractivity contribution in [3.63, 3.8) is 0 Å². The Hall–Kier alpha value is -3.95. The highest BCUT2D eigenvalue weighted by atomic mass is 35.5. The van der Waals surface area contributed by atoms with Crippen LogP contribution < -0.4 is 9.47 Å². The molecule has 1 saturated heterocycles. The minimum absolute atomic E-state index is 0.0129. The van der Waals surface area contributed by atoms with Gasteiger partial charge in [-0.2, -0.15) is 17.5 Å². The van der Waals surface area contributed by atoms with Crippen LogP contribution in [-0.4, -0.2) is 59.8 Å². The maximum absolute atomic E-state index is 13.1. The predicted molar refractivity (Wildman–Crippen MR) is 130 cm³/mol. The molecular weight excluding hydrogens is 569 g/mol. The lowest BCUT2D eigenvalue weighted by molar-refractivity contribution is -0.384. The zero-order valence-corrected chi connectivity index (χ0v) is 21.2. The Morgan fingerprint density at radius 1 is 1.00 bits per heavy atom. The number of hydrogen-bond acceptors (Lipinski definition) is 8. The van der Waals surface area contributed by atoms with Crippen molar-refractivity contribution >= 4 is 33.4 Å². The van der Waals surface area contributed by atoms with Gasteiger partial charge < -0.3 is 14.4 Å². The number of rotatable bonds is 6. The van der Waals surface area contributed by atoms with Gasteiger partial charge in [0.25, 0.3) is 5.69 Å². The number of benzene rings is 2. The van der Waals surface area contributed by atoms with Crippen LogP contribution in [-0.2, 0) is 16.2 Å². The second-order valence-electron chi connectivity index (χ2n) is 8.09. The van der Waals surface area contributed by atoms with Gasteiger partial charge in [0.2, 0.25) is 15.9 Å². The van der Waals surface area contributed by atoms with Crippen LogP contribution in [0.25, 0.3) is 0 Å². The van der Waals surface area contributed by atoms with Gasteiger partial charge in [0.15, 0.2) is 0 Å². The van der Waals surface area contributed by atoms with E-state index in [0.29, 0.717) is 12.3 Å². The number of amides is 1. The molecule has 1 amide bonds. The quantitative estimate of drug-likeness (QED) is 0.292. The van der Waals surface area contributed by atoms with Crippen LogP contribution in [0.15, 0.2) is 65.7 Å². The lowest BCUT2D eigenvalue weighted by Gasteiger charge is -2.33. The summed E-state index contributed by atoms with van der Waals surface area (Å²) in [6, 6.07) is 10.8. The molecule has 0 bridgehead atoms. The van der Waals surface area contributed by atoms with E-state index >= 15 is 0 Å². The number of nitro benzene ring substituents is 1. The molecule has 1 fully saturated rings. The van der Waals surface area contributed by atoms with Crippen LogP contribution in [0.4, 0.5) is 23.7 Å². The third-order valence-electron chi connectivity index (χ3n) is 5.56. The van der Waals surface area contributed by atoms with E-state index in [4.69, 9.17) is 21.1 Å². The Kier molecular flexibility index (Phi) is 7.94. The van der Waals surface area contributed by atoms with Gasteiger partial charge in [-0.3, -0.25) is 10.1 Å². The molecule has 2 aromatic carbocycles. The van der Waals surface area contributed by atoms with Crippen molar-refractivity contribution in [3.8, 4) is 17.4 Å². The summed E-state index contributed by atoms with van der Waals surface area (Å²) < 4.78 is 76.2. The summed E-state index contributed by atoms with van der Waals surface area (Å²) in [4.78, 5) is 27.4. The number of halogens is 4. The molecule has 0 atom stereocenters. The number of pyridine rings is 1. The minimum Gasteiger partial charge on any atom is -0.438 e. The molecule has 0 N–H and O–H groups in total. The van der Waals surface area contributed by atoms with Gasteiger partial charge >= 0.3 is 12.3 Å². The molecular formula is C23H18ClF3N4O7S. The van der Waals surface area contributed by atoms with Crippen molar-refractivity contribution in [2.75, 3.05) is 26.2 Å². The number of carbonyl (C=O) groups excluding carboxylic acids is 1. The summed E-state index contributed by atoms with van der Waals surface area (Å²) >= 11 is 5.84. The van der Waals surface area contributed by atoms with Gasteiger partial charge in [0.05, 0.1) is 15.4 Å². The van der Waals surface area contributed by atoms with Crippen LogP contribution in [0, 0.1) is 10.1 Å². The molecule has 3 aromatic rings. The van der Waals surface area contributed by atoms with Gasteiger partial charge in [0, 0.05) is 44.5 Å². The van der Waals surface area contributed by atoms with E-state index in [2.05, 4.69) is 4.98 Å². The maximum Gasteiger partial charge on any atom is 0.417 e. The number of ether oxygens (including phenoxy) is 2. The van der Waals surface area contributed by atoms with Crippen molar-refractivity contribution in [1.82, 2.24) is 14.2 Å². The monoisotopic (exact) mass is 586 g/mol. The molecule has 1 aliphatic heterocycles. The molecule has 16 heteroatoms. The van der Waals surface area contributed by atoms with E-state index in [1.165, 1.54) is 57.7 Å². The minimum atomic E-state index is -4.62. The third-order valence-corrected chi connectivity index (χ3v) is 7.74. The molecule has 1 aliphatic rings. The first-order valence-electron chi connectivity index (χ1n) is 11.1. The fraction of sp³-hybridized carbons (Fsp3) is 0.217. The summed E-state index contributed by atoms with van der Waals surface area (Å²) in [6.07, 6.45) is -4.77. The second-order valence-corrected chi connectivity index (χ2v) is 10.4. The summed E-state index contributed by atoms with van der Waals surface area (Å²) in [7, 11) is -3.93. The molecule has 0 spiro atoms. The smallest absolute Gasteiger partial charge is 0.417 e. The van der Waals surface area contributed by atoms with Crippen LogP contribution in [0.2, 0.25) is 5.02 Å². The number of nitrogens with zero attached hydrogens (tertiary/aromatic N) is 4. The Balaban J connectivity index is 1.35. The fourth-order valence-corrected chi connectivity index (χ4v) is 5.14. The van der Waals surface area contributed by atoms with E-state index in [-0.39, 0.29) is 59.2 Å². The Morgan fingerprint density at radius 2 is 1.59 bits per heavy atom. The van der Waals surface area contributed by atoms with Crippen LogP contribution >= 0.6 is 11.6 Å². The van der Waals surface area contributed by atoms with Crippen molar-refractivity contribution in [1.29, 1.82) is 0 Å². The summed E-state index contributed by atoms with van der Waals surface area (Å²) in [6.45, 7) is 0.0662. The molecule has 11 nitrogen and oxygen atoms in total. The first-order valence-corrected chi connectivity index (χ1v) is 12.9. The lowest BCUT2D eigenvalue weighted by atomic mass is 10.3. The summed E-state index contributed by atoms with van der Waals surface area (Å²) in [5, 5.41) is 10.4. The highest BCUT2D eigenvalue weighted by molar-refractivity contribution is 7.89. The number of non-ortho nitro benzene ring substituents is 1. The van der Waals surface area contributed by atoms with E-state index in [1.807, 2.05) is 0 Å². The number of nitro groups is 1. The number of carbonyl (C=O) groups is 1. The zero-order chi connectivity index (χ0) is 28.4. The van der Waals surface area contributed by atoms with Crippen molar-refractivity contribution in [2.45, 2.75) is 11.1 Å². The molecule has 0 saturated carbocycles. The van der Waals surface area contributed by atoms with Crippen molar-refractivity contribution in [3.05, 3.63) is 81.5 Å². The van der Waals surface area contributed by atoms with Crippen molar-refractivity contribution in [2.24, 2.45) is 0 Å². The first-order chi connectivity index (χ1) is 18.3. The van der Waals surface area contributed by atoms with E-state index in [9.17, 15) is 36.5 Å². The number of hydrogen-bond donors (Lipinski definition) is 0. The van der Waals surface area contributed by atoms with Gasteiger partial charge in [-0.05, 0) is 42.5 Å². The van der Waals surface area contributed by atoms with E-state index in [0.717, 1.165) is 0 Å². The van der Waals surface area contributed by atoms with E-state index in [1.54, 1.807) is 0 Å². The third kappa shape index (κ3) is 6.55. The summed E-state index contributed by atoms with van der Waals surface area (Å²) in [5.41, 5.74) is -1.20. The number of aromatic nitrogens is 1.